The molecule has 3 aromatic rings. The van der Waals surface area contributed by atoms with Crippen LogP contribution >= 0.6 is 12.2 Å². The zero-order chi connectivity index (χ0) is 21.8. The van der Waals surface area contributed by atoms with Crippen molar-refractivity contribution in [3.63, 3.8) is 0 Å². The quantitative estimate of drug-likeness (QED) is 0.435. The van der Waals surface area contributed by atoms with Crippen LogP contribution in [0.2, 0.25) is 0 Å². The van der Waals surface area contributed by atoms with Crippen molar-refractivity contribution < 1.29 is 14.6 Å². The Morgan fingerprint density at radius 3 is 2.84 bits per heavy atom. The first-order chi connectivity index (χ1) is 15.1. The molecule has 0 spiro atoms. The van der Waals surface area contributed by atoms with Crippen LogP contribution in [0.3, 0.4) is 0 Å². The average Bonchev–Trinajstić information content (AvgIpc) is 3.42. The number of nitrogens with zero attached hydrogens (tertiary/aromatic N) is 3. The fourth-order valence-electron chi connectivity index (χ4n) is 3.98. The van der Waals surface area contributed by atoms with Crippen LogP contribution in [0.15, 0.2) is 67.0 Å². The Kier molecular flexibility index (Phi) is 6.29. The predicted molar refractivity (Wildman–Crippen MR) is 121 cm³/mol. The zero-order valence-corrected chi connectivity index (χ0v) is 18.0. The Balaban J connectivity index is 1.78. The number of carbonyl (C=O) groups is 1. The largest absolute Gasteiger partial charge is 0.465 e. The molecule has 1 aliphatic heterocycles. The van der Waals surface area contributed by atoms with E-state index in [2.05, 4.69) is 19.8 Å². The van der Waals surface area contributed by atoms with Gasteiger partial charge in [0.25, 0.3) is 0 Å². The van der Waals surface area contributed by atoms with Crippen LogP contribution in [0, 0.1) is 0 Å². The van der Waals surface area contributed by atoms with E-state index in [1.165, 1.54) is 7.11 Å². The highest BCUT2D eigenvalue weighted by Crippen LogP contribution is 2.39. The number of rotatable bonds is 7. The van der Waals surface area contributed by atoms with Crippen molar-refractivity contribution >= 4 is 23.3 Å². The molecule has 4 rings (SSSR count). The molecule has 1 fully saturated rings. The maximum absolute atomic E-state index is 12.0. The van der Waals surface area contributed by atoms with Gasteiger partial charge in [0.15, 0.2) is 5.11 Å². The van der Waals surface area contributed by atoms with Crippen LogP contribution in [0.5, 0.6) is 0 Å². The molecule has 1 aliphatic rings. The SMILES string of the molecule is COC(=O)c1cccc(-n2cccc2[C@@H]2[C@H](c3ccccn3)NC(=S)N2CCCO)c1. The lowest BCUT2D eigenvalue weighted by molar-refractivity contribution is 0.0600. The van der Waals surface area contributed by atoms with Crippen molar-refractivity contribution in [2.45, 2.75) is 18.5 Å². The molecule has 2 atom stereocenters. The molecule has 2 N–H and O–H groups in total. The molecular formula is C23H24N4O3S. The van der Waals surface area contributed by atoms with Crippen molar-refractivity contribution in [2.24, 2.45) is 0 Å². The molecule has 0 saturated carbocycles. The van der Waals surface area contributed by atoms with Crippen molar-refractivity contribution in [2.75, 3.05) is 20.3 Å². The fraction of sp³-hybridized carbons (Fsp3) is 0.261. The number of methoxy groups -OCH3 is 1. The summed E-state index contributed by atoms with van der Waals surface area (Å²) in [5.41, 5.74) is 3.22. The third-order valence-electron chi connectivity index (χ3n) is 5.38. The minimum Gasteiger partial charge on any atom is -0.465 e. The molecule has 1 saturated heterocycles. The van der Waals surface area contributed by atoms with Crippen LogP contribution in [-0.4, -0.2) is 50.9 Å². The second-order valence-corrected chi connectivity index (χ2v) is 7.63. The Bertz CT molecular complexity index is 1070. The van der Waals surface area contributed by atoms with E-state index in [9.17, 15) is 9.90 Å². The number of hydrogen-bond donors (Lipinski definition) is 2. The molecule has 0 unspecified atom stereocenters. The van der Waals surface area contributed by atoms with Crippen LogP contribution in [0.4, 0.5) is 0 Å². The number of esters is 1. The number of pyridine rings is 1. The summed E-state index contributed by atoms with van der Waals surface area (Å²) in [5, 5.41) is 13.4. The zero-order valence-electron chi connectivity index (χ0n) is 17.1. The predicted octanol–water partition coefficient (Wildman–Crippen LogP) is 3.01. The summed E-state index contributed by atoms with van der Waals surface area (Å²) >= 11 is 5.65. The molecule has 160 valence electrons. The highest BCUT2D eigenvalue weighted by molar-refractivity contribution is 7.80. The first-order valence-electron chi connectivity index (χ1n) is 10.1. The Labute approximate surface area is 186 Å². The number of aliphatic hydroxyl groups excluding tert-OH is 1. The number of aliphatic hydroxyl groups is 1. The Hall–Kier alpha value is -3.23. The lowest BCUT2D eigenvalue weighted by atomic mass is 10.0. The fourth-order valence-corrected chi connectivity index (χ4v) is 4.31. The van der Waals surface area contributed by atoms with Gasteiger partial charge in [0.1, 0.15) is 0 Å². The van der Waals surface area contributed by atoms with Crippen molar-refractivity contribution in [1.82, 2.24) is 19.8 Å². The van der Waals surface area contributed by atoms with Crippen LogP contribution in [0.25, 0.3) is 5.69 Å². The average molecular weight is 437 g/mol. The minimum atomic E-state index is -0.379. The molecule has 1 aromatic carbocycles. The molecule has 8 heteroatoms. The molecule has 0 amide bonds. The molecule has 0 bridgehead atoms. The topological polar surface area (TPSA) is 79.6 Å². The van der Waals surface area contributed by atoms with Gasteiger partial charge in [-0.3, -0.25) is 4.98 Å². The lowest BCUT2D eigenvalue weighted by Gasteiger charge is -2.28. The summed E-state index contributed by atoms with van der Waals surface area (Å²) in [7, 11) is 1.37. The van der Waals surface area contributed by atoms with Crippen molar-refractivity contribution in [1.29, 1.82) is 0 Å². The third-order valence-corrected chi connectivity index (χ3v) is 5.74. The summed E-state index contributed by atoms with van der Waals surface area (Å²) in [4.78, 5) is 18.7. The van der Waals surface area contributed by atoms with E-state index in [0.29, 0.717) is 23.6 Å². The molecule has 0 aliphatic carbocycles. The van der Waals surface area contributed by atoms with E-state index in [-0.39, 0.29) is 24.7 Å². The van der Waals surface area contributed by atoms with Gasteiger partial charge in [-0.05, 0) is 61.1 Å². The van der Waals surface area contributed by atoms with E-state index >= 15 is 0 Å². The number of nitrogens with one attached hydrogen (secondary N) is 1. The second kappa shape index (κ2) is 9.28. The molecular weight excluding hydrogens is 412 g/mol. The van der Waals surface area contributed by atoms with Crippen LogP contribution < -0.4 is 5.32 Å². The van der Waals surface area contributed by atoms with Gasteiger partial charge in [-0.15, -0.1) is 0 Å². The van der Waals surface area contributed by atoms with E-state index in [1.807, 2.05) is 54.7 Å². The maximum atomic E-state index is 12.0. The van der Waals surface area contributed by atoms with E-state index < -0.39 is 0 Å². The van der Waals surface area contributed by atoms with E-state index in [0.717, 1.165) is 17.1 Å². The normalized spacial score (nSPS) is 18.1. The smallest absolute Gasteiger partial charge is 0.337 e. The summed E-state index contributed by atoms with van der Waals surface area (Å²) < 4.78 is 6.92. The monoisotopic (exact) mass is 436 g/mol. The van der Waals surface area contributed by atoms with Crippen molar-refractivity contribution in [3.8, 4) is 5.69 Å². The van der Waals surface area contributed by atoms with Gasteiger partial charge >= 0.3 is 5.97 Å². The molecule has 0 radical (unpaired) electrons. The lowest BCUT2D eigenvalue weighted by Crippen LogP contribution is -2.31. The standard InChI is InChI=1S/C23H24N4O3S/c1-30-22(29)16-7-4-8-17(15-16)26-12-5-10-19(26)21-20(18-9-2-3-11-24-18)25-23(31)27(21)13-6-14-28/h2-5,7-12,15,20-21,28H,6,13-14H2,1H3,(H,25,31)/t20-,21+/m0/s1. The molecule has 2 aromatic heterocycles. The van der Waals surface area contributed by atoms with E-state index in [4.69, 9.17) is 17.0 Å². The number of carbonyl (C=O) groups excluding carboxylic acids is 1. The summed E-state index contributed by atoms with van der Waals surface area (Å²) in [6.07, 6.45) is 4.34. The summed E-state index contributed by atoms with van der Waals surface area (Å²) in [6.45, 7) is 0.700. The van der Waals surface area contributed by atoms with Gasteiger partial charge < -0.3 is 24.6 Å². The van der Waals surface area contributed by atoms with Gasteiger partial charge in [0, 0.05) is 36.9 Å². The van der Waals surface area contributed by atoms with Gasteiger partial charge in [-0.1, -0.05) is 12.1 Å². The van der Waals surface area contributed by atoms with Crippen LogP contribution in [0.1, 0.15) is 40.3 Å². The second-order valence-electron chi connectivity index (χ2n) is 7.24. The third kappa shape index (κ3) is 4.17. The van der Waals surface area contributed by atoms with E-state index in [1.54, 1.807) is 12.3 Å². The number of aromatic nitrogens is 2. The van der Waals surface area contributed by atoms with Crippen molar-refractivity contribution in [3.05, 3.63) is 83.9 Å². The number of ether oxygens (including phenoxy) is 1. The highest BCUT2D eigenvalue weighted by atomic mass is 32.1. The highest BCUT2D eigenvalue weighted by Gasteiger charge is 2.40. The number of benzene rings is 1. The molecule has 7 nitrogen and oxygen atoms in total. The molecule has 3 heterocycles. The number of thiocarbonyl (C=S) groups is 1. The molecule has 31 heavy (non-hydrogen) atoms. The maximum Gasteiger partial charge on any atom is 0.337 e. The first kappa shape index (κ1) is 21.0. The minimum absolute atomic E-state index is 0.0856. The number of hydrogen-bond acceptors (Lipinski definition) is 5. The Morgan fingerprint density at radius 1 is 1.23 bits per heavy atom. The van der Waals surface area contributed by atoms with Crippen LogP contribution in [-0.2, 0) is 4.74 Å². The first-order valence-corrected chi connectivity index (χ1v) is 10.5. The van der Waals surface area contributed by atoms with Gasteiger partial charge in [-0.25, -0.2) is 4.79 Å². The summed E-state index contributed by atoms with van der Waals surface area (Å²) in [6, 6.07) is 16.9. The van der Waals surface area contributed by atoms with Gasteiger partial charge in [0.2, 0.25) is 0 Å². The summed E-state index contributed by atoms with van der Waals surface area (Å²) in [5.74, 6) is -0.379. The van der Waals surface area contributed by atoms with Gasteiger partial charge in [0.05, 0.1) is 30.5 Å². The Morgan fingerprint density at radius 2 is 2.10 bits per heavy atom. The van der Waals surface area contributed by atoms with Gasteiger partial charge in [-0.2, -0.15) is 0 Å².